The van der Waals surface area contributed by atoms with Crippen molar-refractivity contribution < 1.29 is 51.7 Å². The number of nitrogens with zero attached hydrogens (tertiary/aromatic N) is 8. The molecule has 11 rings (SSSR count). The molecule has 0 saturated carbocycles. The molecule has 0 atom stereocenters. The van der Waals surface area contributed by atoms with Gasteiger partial charge in [-0.1, -0.05) is 37.3 Å². The van der Waals surface area contributed by atoms with Crippen LogP contribution in [-0.4, -0.2) is 123 Å². The molecule has 87 heavy (non-hydrogen) atoms. The SMILES string of the molecule is CCNCc1ccc(-c2cc3nccc(Oc4ccc(NC(=O)N5CCN(c6ccccc6)C5=O)cc4F)c3s2)nc1.COCCN(Cc1ccc(-c2cc3nccc(Oc4ccc(NC(=O)N5CCNC5=O)cc4F)c3s2)nc1)C(=O)OC(C)(C)C. The van der Waals surface area contributed by atoms with E-state index in [1.807, 2.05) is 81.6 Å². The second kappa shape index (κ2) is 27.1. The van der Waals surface area contributed by atoms with E-state index in [-0.39, 0.29) is 36.0 Å². The van der Waals surface area contributed by atoms with Crippen LogP contribution in [-0.2, 0) is 22.6 Å². The molecular formula is C62H60F2N12O9S2. The molecule has 6 aromatic heterocycles. The highest BCUT2D eigenvalue weighted by Gasteiger charge is 2.34. The molecule has 8 heterocycles. The Balaban J connectivity index is 0.000000193. The number of methoxy groups -OCH3 is 1. The van der Waals surface area contributed by atoms with Gasteiger partial charge in [-0.2, -0.15) is 0 Å². The Hall–Kier alpha value is -9.69. The number of carbonyl (C=O) groups is 5. The van der Waals surface area contributed by atoms with Crippen LogP contribution in [0.3, 0.4) is 0 Å². The molecule has 2 aliphatic heterocycles. The summed E-state index contributed by atoms with van der Waals surface area (Å²) in [5, 5.41) is 10.9. The standard InChI is InChI=1S/C31H33FN6O6S.C31H27FN6O3S/c1-31(2,3)44-30(41)37(13-14-42-4)18-19-5-7-22(35-17-19)26-16-23-27(45-26)25(9-10-33-23)43-24-8-6-20(15-21(24)32)36-29(40)38-12-11-34-28(38)39;1-2-33-18-20-8-10-24(35-19-20)28-17-25-29(42-28)27(12-13-34-25)41-26-11-9-21(16-23(26)32)36-30(39)38-15-14-37(31(38)40)22-6-4-3-5-7-22/h5-10,15-17H,11-14,18H2,1-4H3,(H,34,39)(H,36,40);3-13,16-17,19,33H,2,14-15,18H2,1H3,(H,36,39). The number of aromatic nitrogens is 4. The molecule has 4 N–H and O–H groups in total. The molecule has 21 nitrogen and oxygen atoms in total. The van der Waals surface area contributed by atoms with Gasteiger partial charge in [-0.25, -0.2) is 42.6 Å². The maximum absolute atomic E-state index is 15.1. The van der Waals surface area contributed by atoms with Crippen molar-refractivity contribution in [2.45, 2.75) is 46.4 Å². The van der Waals surface area contributed by atoms with E-state index in [2.05, 4.69) is 48.1 Å². The normalized spacial score (nSPS) is 13.1. The van der Waals surface area contributed by atoms with Crippen LogP contribution in [0.4, 0.5) is 49.8 Å². The minimum Gasteiger partial charge on any atom is -0.453 e. The lowest BCUT2D eigenvalue weighted by molar-refractivity contribution is 0.0183. The lowest BCUT2D eigenvalue weighted by Crippen LogP contribution is -2.39. The summed E-state index contributed by atoms with van der Waals surface area (Å²) in [5.41, 5.74) is 5.29. The molecule has 0 spiro atoms. The van der Waals surface area contributed by atoms with Gasteiger partial charge in [-0.05, 0) is 99.1 Å². The van der Waals surface area contributed by atoms with Gasteiger partial charge in [0.05, 0.1) is 61.3 Å². The predicted octanol–water partition coefficient (Wildman–Crippen LogP) is 13.1. The molecule has 25 heteroatoms. The molecule has 9 aromatic rings. The number of urea groups is 4. The molecule has 3 aromatic carbocycles. The summed E-state index contributed by atoms with van der Waals surface area (Å²) >= 11 is 2.86. The van der Waals surface area contributed by atoms with E-state index in [1.165, 1.54) is 57.9 Å². The highest BCUT2D eigenvalue weighted by atomic mass is 32.1. The second-order valence-electron chi connectivity index (χ2n) is 20.7. The average Bonchev–Trinajstić information content (AvgIpc) is 2.70. The molecular weight excluding hydrogens is 1160 g/mol. The number of fused-ring (bicyclic) bond motifs is 2. The van der Waals surface area contributed by atoms with Gasteiger partial charge in [0.2, 0.25) is 0 Å². The third-order valence-corrected chi connectivity index (χ3v) is 15.6. The number of benzene rings is 3. The number of amides is 9. The van der Waals surface area contributed by atoms with Crippen molar-refractivity contribution in [2.75, 3.05) is 68.5 Å². The number of halogens is 2. The van der Waals surface area contributed by atoms with E-state index in [0.29, 0.717) is 65.9 Å². The van der Waals surface area contributed by atoms with Gasteiger partial charge in [0.25, 0.3) is 0 Å². The number of anilines is 3. The van der Waals surface area contributed by atoms with Crippen molar-refractivity contribution in [3.63, 3.8) is 0 Å². The predicted molar refractivity (Wildman–Crippen MR) is 329 cm³/mol. The van der Waals surface area contributed by atoms with Crippen LogP contribution >= 0.6 is 22.7 Å². The summed E-state index contributed by atoms with van der Waals surface area (Å²) in [5.74, 6) is -0.536. The van der Waals surface area contributed by atoms with Crippen LogP contribution in [0, 0.1) is 11.6 Å². The molecule has 2 fully saturated rings. The molecule has 448 valence electrons. The fourth-order valence-corrected chi connectivity index (χ4v) is 11.1. The smallest absolute Gasteiger partial charge is 0.410 e. The number of hydrogen-bond acceptors (Lipinski definition) is 16. The quantitative estimate of drug-likeness (QED) is 0.0664. The van der Waals surface area contributed by atoms with E-state index in [4.69, 9.17) is 18.9 Å². The van der Waals surface area contributed by atoms with Crippen molar-refractivity contribution in [1.82, 2.24) is 45.3 Å². The first kappa shape index (κ1) is 60.4. The highest BCUT2D eigenvalue weighted by molar-refractivity contribution is 7.23. The summed E-state index contributed by atoms with van der Waals surface area (Å²) in [7, 11) is 1.58. The van der Waals surface area contributed by atoms with E-state index in [9.17, 15) is 24.0 Å². The Morgan fingerprint density at radius 2 is 1.25 bits per heavy atom. The summed E-state index contributed by atoms with van der Waals surface area (Å²) < 4.78 is 54.2. The van der Waals surface area contributed by atoms with Crippen LogP contribution in [0.2, 0.25) is 0 Å². The third kappa shape index (κ3) is 14.9. The number of hydrogen-bond donors (Lipinski definition) is 4. The average molecular weight is 1220 g/mol. The summed E-state index contributed by atoms with van der Waals surface area (Å²) in [6, 6.07) is 30.0. The molecule has 0 radical (unpaired) electrons. The number of nitrogens with one attached hydrogen (secondary N) is 4. The number of thiophene rings is 2. The van der Waals surface area contributed by atoms with E-state index < -0.39 is 47.5 Å². The van der Waals surface area contributed by atoms with Crippen molar-refractivity contribution in [3.05, 3.63) is 163 Å². The van der Waals surface area contributed by atoms with Gasteiger partial charge in [0, 0.05) is 106 Å². The van der Waals surface area contributed by atoms with Gasteiger partial charge in [0.1, 0.15) is 17.1 Å². The van der Waals surface area contributed by atoms with Crippen molar-refractivity contribution >= 4 is 90.4 Å². The highest BCUT2D eigenvalue weighted by Crippen LogP contribution is 2.41. The van der Waals surface area contributed by atoms with Crippen LogP contribution < -0.4 is 35.6 Å². The van der Waals surface area contributed by atoms with E-state index in [0.717, 1.165) is 65.7 Å². The summed E-state index contributed by atoms with van der Waals surface area (Å²) in [6.07, 6.45) is 6.31. The number of rotatable bonds is 17. The molecule has 0 aliphatic carbocycles. The third-order valence-electron chi connectivity index (χ3n) is 13.3. The topological polar surface area (TPSA) is 235 Å². The first-order valence-corrected chi connectivity index (χ1v) is 29.3. The van der Waals surface area contributed by atoms with Gasteiger partial charge >= 0.3 is 30.2 Å². The minimum absolute atomic E-state index is 0.00569. The fraction of sp³-hybridized carbons (Fsp3) is 0.242. The first-order valence-electron chi connectivity index (χ1n) is 27.6. The van der Waals surface area contributed by atoms with E-state index in [1.54, 1.807) is 54.9 Å². The number of carbonyl (C=O) groups excluding carboxylic acids is 5. The fourth-order valence-electron chi connectivity index (χ4n) is 9.01. The Labute approximate surface area is 506 Å². The number of imide groups is 2. The Kier molecular flexibility index (Phi) is 18.8. The monoisotopic (exact) mass is 1220 g/mol. The van der Waals surface area contributed by atoms with Crippen molar-refractivity contribution in [1.29, 1.82) is 0 Å². The van der Waals surface area contributed by atoms with Gasteiger partial charge < -0.3 is 45.1 Å². The van der Waals surface area contributed by atoms with Crippen molar-refractivity contribution in [2.24, 2.45) is 0 Å². The Bertz CT molecular complexity index is 3960. The minimum atomic E-state index is -0.691. The maximum atomic E-state index is 15.1. The molecule has 9 amide bonds. The largest absolute Gasteiger partial charge is 0.453 e. The first-order chi connectivity index (χ1) is 42.0. The lowest BCUT2D eigenvalue weighted by Gasteiger charge is -2.27. The number of pyridine rings is 4. The summed E-state index contributed by atoms with van der Waals surface area (Å²) in [6.45, 7) is 11.4. The number of para-hydroxylation sites is 1. The van der Waals surface area contributed by atoms with Gasteiger partial charge in [-0.3, -0.25) is 24.8 Å². The molecule has 0 bridgehead atoms. The Morgan fingerprint density at radius 3 is 1.76 bits per heavy atom. The van der Waals surface area contributed by atoms with Crippen LogP contribution in [0.5, 0.6) is 23.0 Å². The number of ether oxygens (including phenoxy) is 4. The van der Waals surface area contributed by atoms with Gasteiger partial charge in [0.15, 0.2) is 23.1 Å². The van der Waals surface area contributed by atoms with Gasteiger partial charge in [-0.15, -0.1) is 22.7 Å². The van der Waals surface area contributed by atoms with E-state index >= 15 is 8.78 Å². The summed E-state index contributed by atoms with van der Waals surface area (Å²) in [4.78, 5) is 87.4. The zero-order valence-electron chi connectivity index (χ0n) is 48.0. The molecule has 0 unspecified atom stereocenters. The molecule has 2 saturated heterocycles. The van der Waals surface area contributed by atoms with Crippen LogP contribution in [0.15, 0.2) is 140 Å². The molecule has 2 aliphatic rings. The zero-order chi connectivity index (χ0) is 61.2. The zero-order valence-corrected chi connectivity index (χ0v) is 49.6. The van der Waals surface area contributed by atoms with Crippen molar-refractivity contribution in [3.8, 4) is 44.1 Å². The second-order valence-corrected chi connectivity index (χ2v) is 22.8. The Morgan fingerprint density at radius 1 is 0.678 bits per heavy atom. The van der Waals surface area contributed by atoms with Crippen LogP contribution in [0.1, 0.15) is 38.8 Å². The maximum Gasteiger partial charge on any atom is 0.410 e. The lowest BCUT2D eigenvalue weighted by atomic mass is 10.2. The van der Waals surface area contributed by atoms with Crippen LogP contribution in [0.25, 0.3) is 41.6 Å².